The van der Waals surface area contributed by atoms with Crippen molar-refractivity contribution < 1.29 is 30.0 Å². The molecule has 1 aliphatic rings. The summed E-state index contributed by atoms with van der Waals surface area (Å²) in [5.74, 6) is -0.445. The van der Waals surface area contributed by atoms with Crippen LogP contribution in [0.2, 0.25) is 0 Å². The van der Waals surface area contributed by atoms with Gasteiger partial charge in [-0.3, -0.25) is 4.79 Å². The Morgan fingerprint density at radius 1 is 1.27 bits per heavy atom. The molecule has 0 saturated carbocycles. The van der Waals surface area contributed by atoms with Gasteiger partial charge < -0.3 is 30.5 Å². The zero-order valence-corrected chi connectivity index (χ0v) is 8.20. The first kappa shape index (κ1) is 12.3. The number of hydrogen-bond acceptors (Lipinski definition) is 6. The monoisotopic (exact) mass is 221 g/mol. The minimum atomic E-state index is -1.47. The minimum absolute atomic E-state index is 0.445. The van der Waals surface area contributed by atoms with Crippen molar-refractivity contribution in [3.05, 3.63) is 0 Å². The van der Waals surface area contributed by atoms with E-state index < -0.39 is 43.2 Å². The first-order chi connectivity index (χ1) is 6.97. The van der Waals surface area contributed by atoms with Crippen molar-refractivity contribution in [2.45, 2.75) is 37.6 Å². The SMILES string of the molecule is CC(=O)N[C@H]1O[C@H](CO)[C@H](O)[C@H](O)[C@H]1O. The molecule has 0 aromatic heterocycles. The Morgan fingerprint density at radius 3 is 2.33 bits per heavy atom. The van der Waals surface area contributed by atoms with Crippen LogP contribution in [0.25, 0.3) is 0 Å². The zero-order valence-electron chi connectivity index (χ0n) is 8.20. The lowest BCUT2D eigenvalue weighted by Gasteiger charge is -2.39. The molecule has 0 bridgehead atoms. The minimum Gasteiger partial charge on any atom is -0.394 e. The van der Waals surface area contributed by atoms with Crippen LogP contribution in [0.1, 0.15) is 6.92 Å². The van der Waals surface area contributed by atoms with Crippen LogP contribution in [0.3, 0.4) is 0 Å². The van der Waals surface area contributed by atoms with E-state index >= 15 is 0 Å². The van der Waals surface area contributed by atoms with Gasteiger partial charge >= 0.3 is 0 Å². The summed E-state index contributed by atoms with van der Waals surface area (Å²) in [6.45, 7) is 0.711. The highest BCUT2D eigenvalue weighted by molar-refractivity contribution is 5.73. The van der Waals surface area contributed by atoms with Crippen molar-refractivity contribution in [2.24, 2.45) is 0 Å². The van der Waals surface area contributed by atoms with Crippen LogP contribution in [0.15, 0.2) is 0 Å². The van der Waals surface area contributed by atoms with Crippen molar-refractivity contribution in [1.29, 1.82) is 0 Å². The van der Waals surface area contributed by atoms with Gasteiger partial charge in [-0.2, -0.15) is 0 Å². The molecule has 15 heavy (non-hydrogen) atoms. The largest absolute Gasteiger partial charge is 0.394 e. The van der Waals surface area contributed by atoms with E-state index in [1.807, 2.05) is 0 Å². The molecule has 0 radical (unpaired) electrons. The van der Waals surface area contributed by atoms with Gasteiger partial charge in [0.05, 0.1) is 6.61 Å². The molecular weight excluding hydrogens is 206 g/mol. The van der Waals surface area contributed by atoms with Crippen LogP contribution in [0.5, 0.6) is 0 Å². The summed E-state index contributed by atoms with van der Waals surface area (Å²) >= 11 is 0. The molecule has 1 amide bonds. The molecule has 1 saturated heterocycles. The Labute approximate surface area is 86.3 Å². The number of amides is 1. The van der Waals surface area contributed by atoms with Crippen molar-refractivity contribution >= 4 is 5.91 Å². The lowest BCUT2D eigenvalue weighted by molar-refractivity contribution is -0.235. The molecule has 0 unspecified atom stereocenters. The predicted octanol–water partition coefficient (Wildman–Crippen LogP) is -3.08. The third kappa shape index (κ3) is 2.64. The summed E-state index contributed by atoms with van der Waals surface area (Å²) in [4.78, 5) is 10.7. The Kier molecular flexibility index (Phi) is 4.00. The number of carbonyl (C=O) groups excluding carboxylic acids is 1. The van der Waals surface area contributed by atoms with Gasteiger partial charge in [0.25, 0.3) is 0 Å². The number of rotatable bonds is 2. The van der Waals surface area contributed by atoms with Crippen molar-refractivity contribution in [2.75, 3.05) is 6.61 Å². The standard InChI is InChI=1S/C8H15NO6/c1-3(11)9-8-7(14)6(13)5(12)4(2-10)15-8/h4-8,10,12-14H,2H2,1H3,(H,9,11)/t4-,5+,6+,7-,8+/m1/s1. The highest BCUT2D eigenvalue weighted by Gasteiger charge is 2.43. The van der Waals surface area contributed by atoms with E-state index in [4.69, 9.17) is 9.84 Å². The van der Waals surface area contributed by atoms with E-state index in [1.54, 1.807) is 0 Å². The summed E-state index contributed by atoms with van der Waals surface area (Å²) in [6.07, 6.45) is -6.42. The fourth-order valence-electron chi connectivity index (χ4n) is 1.42. The zero-order chi connectivity index (χ0) is 11.6. The van der Waals surface area contributed by atoms with Gasteiger partial charge in [-0.15, -0.1) is 0 Å². The van der Waals surface area contributed by atoms with Crippen molar-refractivity contribution in [1.82, 2.24) is 5.32 Å². The van der Waals surface area contributed by atoms with Gasteiger partial charge in [0.2, 0.25) is 5.91 Å². The maximum Gasteiger partial charge on any atom is 0.218 e. The average Bonchev–Trinajstić information content (AvgIpc) is 2.18. The van der Waals surface area contributed by atoms with Gasteiger partial charge in [-0.1, -0.05) is 0 Å². The van der Waals surface area contributed by atoms with E-state index in [0.29, 0.717) is 0 Å². The lowest BCUT2D eigenvalue weighted by atomic mass is 9.98. The number of aliphatic hydroxyl groups is 4. The molecule has 1 heterocycles. The number of carbonyl (C=O) groups is 1. The molecule has 5 atom stereocenters. The molecule has 7 nitrogen and oxygen atoms in total. The van der Waals surface area contributed by atoms with E-state index in [2.05, 4.69) is 5.32 Å². The van der Waals surface area contributed by atoms with Crippen LogP contribution >= 0.6 is 0 Å². The molecule has 0 aromatic carbocycles. The maximum atomic E-state index is 10.7. The average molecular weight is 221 g/mol. The van der Waals surface area contributed by atoms with E-state index in [1.165, 1.54) is 6.92 Å². The molecule has 5 N–H and O–H groups in total. The number of aliphatic hydroxyl groups excluding tert-OH is 4. The number of nitrogens with one attached hydrogen (secondary N) is 1. The number of ether oxygens (including phenoxy) is 1. The van der Waals surface area contributed by atoms with Crippen LogP contribution in [0.4, 0.5) is 0 Å². The third-order valence-corrected chi connectivity index (χ3v) is 2.24. The fourth-order valence-corrected chi connectivity index (χ4v) is 1.42. The van der Waals surface area contributed by atoms with Gasteiger partial charge in [-0.25, -0.2) is 0 Å². The predicted molar refractivity (Wildman–Crippen MR) is 47.6 cm³/mol. The molecular formula is C8H15NO6. The molecule has 1 aliphatic heterocycles. The maximum absolute atomic E-state index is 10.7. The van der Waals surface area contributed by atoms with Gasteiger partial charge in [0.15, 0.2) is 6.23 Å². The first-order valence-electron chi connectivity index (χ1n) is 4.55. The lowest BCUT2D eigenvalue weighted by Crippen LogP contribution is -2.63. The third-order valence-electron chi connectivity index (χ3n) is 2.24. The van der Waals surface area contributed by atoms with Gasteiger partial charge in [0.1, 0.15) is 24.4 Å². The first-order valence-corrected chi connectivity index (χ1v) is 4.55. The Balaban J connectivity index is 2.69. The summed E-state index contributed by atoms with van der Waals surface area (Å²) in [5, 5.41) is 39.3. The molecule has 7 heteroatoms. The molecule has 0 aromatic rings. The van der Waals surface area contributed by atoms with E-state index in [0.717, 1.165) is 0 Å². The normalized spacial score (nSPS) is 41.3. The van der Waals surface area contributed by atoms with E-state index in [9.17, 15) is 20.1 Å². The number of hydrogen-bond donors (Lipinski definition) is 5. The second-order valence-corrected chi connectivity index (χ2v) is 3.45. The topological polar surface area (TPSA) is 119 Å². The van der Waals surface area contributed by atoms with Crippen molar-refractivity contribution in [3.63, 3.8) is 0 Å². The van der Waals surface area contributed by atoms with Gasteiger partial charge in [-0.05, 0) is 0 Å². The Morgan fingerprint density at radius 2 is 1.87 bits per heavy atom. The fraction of sp³-hybridized carbons (Fsp3) is 0.875. The smallest absolute Gasteiger partial charge is 0.218 e. The Bertz CT molecular complexity index is 233. The second kappa shape index (κ2) is 4.86. The van der Waals surface area contributed by atoms with Crippen LogP contribution < -0.4 is 5.32 Å². The molecule has 0 aliphatic carbocycles. The summed E-state index contributed by atoms with van der Waals surface area (Å²) in [7, 11) is 0. The second-order valence-electron chi connectivity index (χ2n) is 3.45. The van der Waals surface area contributed by atoms with Gasteiger partial charge in [0, 0.05) is 6.92 Å². The molecule has 1 fully saturated rings. The molecule has 0 spiro atoms. The molecule has 88 valence electrons. The van der Waals surface area contributed by atoms with E-state index in [-0.39, 0.29) is 0 Å². The molecule has 1 rings (SSSR count). The van der Waals surface area contributed by atoms with Crippen LogP contribution in [-0.2, 0) is 9.53 Å². The Hall–Kier alpha value is -0.730. The van der Waals surface area contributed by atoms with Crippen molar-refractivity contribution in [3.8, 4) is 0 Å². The highest BCUT2D eigenvalue weighted by atomic mass is 16.6. The summed E-state index contributed by atoms with van der Waals surface area (Å²) in [5.41, 5.74) is 0. The quantitative estimate of drug-likeness (QED) is 0.337. The summed E-state index contributed by atoms with van der Waals surface area (Å²) in [6, 6.07) is 0. The highest BCUT2D eigenvalue weighted by Crippen LogP contribution is 2.19. The van der Waals surface area contributed by atoms with Crippen LogP contribution in [-0.4, -0.2) is 63.6 Å². The summed E-state index contributed by atoms with van der Waals surface area (Å²) < 4.78 is 5.00. The van der Waals surface area contributed by atoms with Crippen LogP contribution in [0, 0.1) is 0 Å².